The third-order valence-electron chi connectivity index (χ3n) is 3.58. The van der Waals surface area contributed by atoms with E-state index in [0.29, 0.717) is 5.69 Å². The first-order valence-corrected chi connectivity index (χ1v) is 7.89. The topological polar surface area (TPSA) is 66.3 Å². The number of carbonyl (C=O) groups is 1. The van der Waals surface area contributed by atoms with Crippen molar-refractivity contribution in [3.63, 3.8) is 0 Å². The summed E-state index contributed by atoms with van der Waals surface area (Å²) in [5, 5.41) is 9.88. The van der Waals surface area contributed by atoms with Gasteiger partial charge in [0, 0.05) is 30.6 Å². The molecule has 2 aromatic rings. The van der Waals surface area contributed by atoms with Crippen molar-refractivity contribution in [2.24, 2.45) is 0 Å². The minimum Gasteiger partial charge on any atom is -0.478 e. The van der Waals surface area contributed by atoms with E-state index in [-0.39, 0.29) is 5.56 Å². The first-order valence-electron chi connectivity index (χ1n) is 7.08. The van der Waals surface area contributed by atoms with E-state index in [1.807, 2.05) is 0 Å². The van der Waals surface area contributed by atoms with Crippen molar-refractivity contribution in [1.29, 1.82) is 0 Å². The molecule has 0 spiro atoms. The molecule has 1 aliphatic heterocycles. The van der Waals surface area contributed by atoms with Gasteiger partial charge >= 0.3 is 5.97 Å². The van der Waals surface area contributed by atoms with E-state index in [0.717, 1.165) is 43.2 Å². The number of carboxylic acid groups (broad SMARTS) is 1. The molecule has 0 saturated carbocycles. The van der Waals surface area contributed by atoms with Gasteiger partial charge in [-0.1, -0.05) is 6.92 Å². The van der Waals surface area contributed by atoms with Crippen LogP contribution in [0.1, 0.15) is 34.3 Å². The van der Waals surface area contributed by atoms with Crippen molar-refractivity contribution in [3.05, 3.63) is 34.5 Å². The SMILES string of the molecule is CCCN1CCc2nc(-c3cc(C(=O)O)ccn3)sc2C1. The van der Waals surface area contributed by atoms with E-state index in [1.165, 1.54) is 17.1 Å². The Hall–Kier alpha value is -1.79. The Kier molecular flexibility index (Phi) is 3.98. The molecular weight excluding hydrogens is 286 g/mol. The maximum absolute atomic E-state index is 11.0. The first kappa shape index (κ1) is 14.2. The maximum atomic E-state index is 11.0. The highest BCUT2D eigenvalue weighted by atomic mass is 32.1. The molecule has 110 valence electrons. The summed E-state index contributed by atoms with van der Waals surface area (Å²) >= 11 is 1.63. The number of thiazole rings is 1. The van der Waals surface area contributed by atoms with Crippen LogP contribution in [0.4, 0.5) is 0 Å². The molecule has 0 aromatic carbocycles. The lowest BCUT2D eigenvalue weighted by molar-refractivity contribution is 0.0697. The Labute approximate surface area is 127 Å². The van der Waals surface area contributed by atoms with Crippen molar-refractivity contribution in [2.75, 3.05) is 13.1 Å². The maximum Gasteiger partial charge on any atom is 0.335 e. The number of nitrogens with zero attached hydrogens (tertiary/aromatic N) is 3. The zero-order valence-electron chi connectivity index (χ0n) is 11.9. The van der Waals surface area contributed by atoms with Crippen LogP contribution in [0.15, 0.2) is 18.3 Å². The van der Waals surface area contributed by atoms with E-state index in [9.17, 15) is 4.79 Å². The molecule has 5 nitrogen and oxygen atoms in total. The van der Waals surface area contributed by atoms with Crippen molar-refractivity contribution >= 4 is 17.3 Å². The fourth-order valence-electron chi connectivity index (χ4n) is 2.55. The second kappa shape index (κ2) is 5.91. The molecule has 0 saturated heterocycles. The average molecular weight is 303 g/mol. The molecule has 0 bridgehead atoms. The Balaban J connectivity index is 1.88. The highest BCUT2D eigenvalue weighted by Crippen LogP contribution is 2.31. The summed E-state index contributed by atoms with van der Waals surface area (Å²) in [5.41, 5.74) is 2.04. The molecular formula is C15H17N3O2S. The van der Waals surface area contributed by atoms with Crippen molar-refractivity contribution in [1.82, 2.24) is 14.9 Å². The zero-order valence-corrected chi connectivity index (χ0v) is 12.7. The molecule has 0 atom stereocenters. The van der Waals surface area contributed by atoms with Gasteiger partial charge in [0.2, 0.25) is 0 Å². The Morgan fingerprint density at radius 3 is 3.14 bits per heavy atom. The minimum atomic E-state index is -0.936. The number of hydrogen-bond acceptors (Lipinski definition) is 5. The van der Waals surface area contributed by atoms with Gasteiger partial charge in [0.05, 0.1) is 17.0 Å². The van der Waals surface area contributed by atoms with Crippen LogP contribution in [0, 0.1) is 0 Å². The van der Waals surface area contributed by atoms with Gasteiger partial charge in [0.25, 0.3) is 0 Å². The van der Waals surface area contributed by atoms with Gasteiger partial charge in [-0.3, -0.25) is 9.88 Å². The summed E-state index contributed by atoms with van der Waals surface area (Å²) < 4.78 is 0. The predicted molar refractivity (Wildman–Crippen MR) is 81.6 cm³/mol. The van der Waals surface area contributed by atoms with Crippen LogP contribution in [-0.4, -0.2) is 39.0 Å². The molecule has 2 aromatic heterocycles. The second-order valence-electron chi connectivity index (χ2n) is 5.15. The lowest BCUT2D eigenvalue weighted by Crippen LogP contribution is -2.30. The molecule has 1 N–H and O–H groups in total. The van der Waals surface area contributed by atoms with Crippen LogP contribution in [0.2, 0.25) is 0 Å². The molecule has 0 radical (unpaired) electrons. The van der Waals surface area contributed by atoms with E-state index in [4.69, 9.17) is 5.11 Å². The molecule has 3 heterocycles. The lowest BCUT2D eigenvalue weighted by atomic mass is 10.1. The molecule has 0 fully saturated rings. The van der Waals surface area contributed by atoms with Crippen LogP contribution < -0.4 is 0 Å². The van der Waals surface area contributed by atoms with Crippen LogP contribution in [0.25, 0.3) is 10.7 Å². The number of aromatic carboxylic acids is 1. The van der Waals surface area contributed by atoms with E-state index < -0.39 is 5.97 Å². The molecule has 1 aliphatic rings. The average Bonchev–Trinajstić information content (AvgIpc) is 2.91. The highest BCUT2D eigenvalue weighted by molar-refractivity contribution is 7.15. The van der Waals surface area contributed by atoms with Gasteiger partial charge in [-0.15, -0.1) is 11.3 Å². The summed E-state index contributed by atoms with van der Waals surface area (Å²) in [6, 6.07) is 3.10. The second-order valence-corrected chi connectivity index (χ2v) is 6.23. The lowest BCUT2D eigenvalue weighted by Gasteiger charge is -2.25. The van der Waals surface area contributed by atoms with Gasteiger partial charge < -0.3 is 5.11 Å². The number of aromatic nitrogens is 2. The first-order chi connectivity index (χ1) is 10.2. The van der Waals surface area contributed by atoms with Crippen LogP contribution in [0.3, 0.4) is 0 Å². The molecule has 0 unspecified atom stereocenters. The largest absolute Gasteiger partial charge is 0.478 e. The number of hydrogen-bond donors (Lipinski definition) is 1. The van der Waals surface area contributed by atoms with Crippen molar-refractivity contribution in [3.8, 4) is 10.7 Å². The van der Waals surface area contributed by atoms with Gasteiger partial charge in [0.15, 0.2) is 0 Å². The van der Waals surface area contributed by atoms with Gasteiger partial charge in [-0.25, -0.2) is 9.78 Å². The Bertz CT molecular complexity index is 669. The third-order valence-corrected chi connectivity index (χ3v) is 4.68. The normalized spacial score (nSPS) is 14.9. The van der Waals surface area contributed by atoms with E-state index in [1.54, 1.807) is 17.4 Å². The van der Waals surface area contributed by atoms with E-state index in [2.05, 4.69) is 21.8 Å². The van der Waals surface area contributed by atoms with Crippen molar-refractivity contribution in [2.45, 2.75) is 26.3 Å². The van der Waals surface area contributed by atoms with Gasteiger partial charge in [-0.05, 0) is 25.1 Å². The fraction of sp³-hybridized carbons (Fsp3) is 0.400. The monoisotopic (exact) mass is 303 g/mol. The van der Waals surface area contributed by atoms with Crippen molar-refractivity contribution < 1.29 is 9.90 Å². The Morgan fingerprint density at radius 1 is 1.52 bits per heavy atom. The number of rotatable bonds is 4. The molecule has 3 rings (SSSR count). The van der Waals surface area contributed by atoms with Crippen LogP contribution in [0.5, 0.6) is 0 Å². The number of fused-ring (bicyclic) bond motifs is 1. The van der Waals surface area contributed by atoms with Gasteiger partial charge in [-0.2, -0.15) is 0 Å². The molecule has 21 heavy (non-hydrogen) atoms. The van der Waals surface area contributed by atoms with Crippen LogP contribution in [-0.2, 0) is 13.0 Å². The summed E-state index contributed by atoms with van der Waals surface area (Å²) in [4.78, 5) is 23.7. The minimum absolute atomic E-state index is 0.251. The molecule has 6 heteroatoms. The highest BCUT2D eigenvalue weighted by Gasteiger charge is 2.21. The van der Waals surface area contributed by atoms with Crippen LogP contribution >= 0.6 is 11.3 Å². The van der Waals surface area contributed by atoms with Gasteiger partial charge in [0.1, 0.15) is 5.01 Å². The Morgan fingerprint density at radius 2 is 2.38 bits per heavy atom. The number of carboxylic acids is 1. The zero-order chi connectivity index (χ0) is 14.8. The summed E-state index contributed by atoms with van der Waals surface area (Å²) in [5.74, 6) is -0.936. The summed E-state index contributed by atoms with van der Waals surface area (Å²) in [7, 11) is 0. The quantitative estimate of drug-likeness (QED) is 0.940. The molecule has 0 aliphatic carbocycles. The smallest absolute Gasteiger partial charge is 0.335 e. The third kappa shape index (κ3) is 2.96. The molecule has 0 amide bonds. The standard InChI is InChI=1S/C15H17N3O2S/c1-2-6-18-7-4-11-13(9-18)21-14(17-11)12-8-10(15(19)20)3-5-16-12/h3,5,8H,2,4,6-7,9H2,1H3,(H,19,20). The summed E-state index contributed by atoms with van der Waals surface area (Å²) in [6.45, 7) is 5.29. The summed E-state index contributed by atoms with van der Waals surface area (Å²) in [6.07, 6.45) is 3.65. The fourth-order valence-corrected chi connectivity index (χ4v) is 3.66. The van der Waals surface area contributed by atoms with E-state index >= 15 is 0 Å². The number of pyridine rings is 1. The predicted octanol–water partition coefficient (Wildman–Crippen LogP) is 2.67.